The number of carbonyl (C=O) groups excluding carboxylic acids is 4. The van der Waals surface area contributed by atoms with E-state index in [1.165, 1.54) is 16.2 Å². The van der Waals surface area contributed by atoms with Crippen molar-refractivity contribution in [2.45, 2.75) is 64.3 Å². The Morgan fingerprint density at radius 2 is 1.60 bits per heavy atom. The van der Waals surface area contributed by atoms with Gasteiger partial charge < -0.3 is 25.6 Å². The number of rotatable bonds is 16. The number of aromatic nitrogens is 2. The fourth-order valence-corrected chi connectivity index (χ4v) is 6.06. The lowest BCUT2D eigenvalue weighted by Crippen LogP contribution is -2.48. The molecule has 2 heterocycles. The number of nitrogens with one attached hydrogen (secondary N) is 3. The standard InChI is InChI=1S/C34H40N6O5S2/c1-23(2)32-38-27(21-46-32)19-40(3)33(43)36-18-31(42)37-26(14-24-10-6-4-7-11-24)16-30(41)29(15-25-12-8-5-9-13-25)39-34(44)45-20-28-17-35-22-47-28/h4-13,17,21-23,26,29H,14-16,18-20H2,1-3H3,(H,36,43)(H,37,42)(H,39,44). The summed E-state index contributed by atoms with van der Waals surface area (Å²) in [5.74, 6) is -0.398. The highest BCUT2D eigenvalue weighted by Crippen LogP contribution is 2.20. The summed E-state index contributed by atoms with van der Waals surface area (Å²) in [6.45, 7) is 4.21. The number of amides is 4. The Hall–Kier alpha value is -4.62. The van der Waals surface area contributed by atoms with Crippen molar-refractivity contribution in [3.8, 4) is 0 Å². The Morgan fingerprint density at radius 3 is 2.21 bits per heavy atom. The molecule has 0 saturated heterocycles. The number of alkyl carbamates (subject to hydrolysis) is 1. The minimum Gasteiger partial charge on any atom is -0.444 e. The third-order valence-corrected chi connectivity index (χ3v) is 9.09. The SMILES string of the molecule is CC(C)c1nc(CN(C)C(=O)NCC(=O)NC(CC(=O)C(Cc2ccccc2)NC(=O)OCc2cncs2)Cc2ccccc2)cs1. The van der Waals surface area contributed by atoms with E-state index in [4.69, 9.17) is 4.74 Å². The molecule has 3 N–H and O–H groups in total. The van der Waals surface area contributed by atoms with Gasteiger partial charge in [0.15, 0.2) is 5.78 Å². The van der Waals surface area contributed by atoms with E-state index in [0.717, 1.165) is 26.7 Å². The first-order valence-corrected chi connectivity index (χ1v) is 17.1. The number of carbonyl (C=O) groups is 4. The Morgan fingerprint density at radius 1 is 0.915 bits per heavy atom. The molecule has 4 amide bonds. The number of benzene rings is 2. The number of hydrogen-bond acceptors (Lipinski definition) is 9. The summed E-state index contributed by atoms with van der Waals surface area (Å²) >= 11 is 2.92. The van der Waals surface area contributed by atoms with Gasteiger partial charge >= 0.3 is 12.1 Å². The van der Waals surface area contributed by atoms with Gasteiger partial charge in [0.2, 0.25) is 5.91 Å². The largest absolute Gasteiger partial charge is 0.444 e. The van der Waals surface area contributed by atoms with Gasteiger partial charge in [-0.05, 0) is 24.0 Å². The van der Waals surface area contributed by atoms with Crippen molar-refractivity contribution in [3.63, 3.8) is 0 Å². The van der Waals surface area contributed by atoms with Crippen LogP contribution in [0.5, 0.6) is 0 Å². The lowest BCUT2D eigenvalue weighted by molar-refractivity contribution is -0.123. The van der Waals surface area contributed by atoms with Crippen molar-refractivity contribution in [1.29, 1.82) is 0 Å². The number of hydrogen-bond donors (Lipinski definition) is 3. The van der Waals surface area contributed by atoms with Gasteiger partial charge in [-0.1, -0.05) is 74.5 Å². The lowest BCUT2D eigenvalue weighted by atomic mass is 9.95. The number of ketones is 1. The third-order valence-electron chi connectivity index (χ3n) is 7.14. The predicted octanol–water partition coefficient (Wildman–Crippen LogP) is 5.09. The highest BCUT2D eigenvalue weighted by molar-refractivity contribution is 7.09. The van der Waals surface area contributed by atoms with Crippen LogP contribution in [-0.4, -0.2) is 64.4 Å². The molecule has 248 valence electrons. The molecule has 4 rings (SSSR count). The van der Waals surface area contributed by atoms with Crippen molar-refractivity contribution >= 4 is 46.5 Å². The van der Waals surface area contributed by atoms with Gasteiger partial charge in [-0.3, -0.25) is 14.6 Å². The van der Waals surface area contributed by atoms with Gasteiger partial charge in [-0.2, -0.15) is 0 Å². The van der Waals surface area contributed by atoms with E-state index in [-0.39, 0.29) is 31.8 Å². The van der Waals surface area contributed by atoms with Crippen molar-refractivity contribution in [2.24, 2.45) is 0 Å². The molecule has 2 aromatic carbocycles. The summed E-state index contributed by atoms with van der Waals surface area (Å²) in [5, 5.41) is 11.2. The molecule has 0 aliphatic carbocycles. The summed E-state index contributed by atoms with van der Waals surface area (Å²) in [5.41, 5.74) is 4.22. The molecule has 2 atom stereocenters. The molecule has 0 spiro atoms. The summed E-state index contributed by atoms with van der Waals surface area (Å²) < 4.78 is 5.34. The van der Waals surface area contributed by atoms with Crippen molar-refractivity contribution in [3.05, 3.63) is 104 Å². The second-order valence-corrected chi connectivity index (χ2v) is 13.3. The fraction of sp³-hybridized carbons (Fsp3) is 0.353. The van der Waals surface area contributed by atoms with Crippen molar-refractivity contribution in [1.82, 2.24) is 30.8 Å². The Kier molecular flexibility index (Phi) is 13.4. The number of nitrogens with zero attached hydrogens (tertiary/aromatic N) is 3. The highest BCUT2D eigenvalue weighted by atomic mass is 32.1. The van der Waals surface area contributed by atoms with Gasteiger partial charge in [-0.15, -0.1) is 22.7 Å². The van der Waals surface area contributed by atoms with Crippen LogP contribution in [0.1, 0.15) is 52.9 Å². The maximum Gasteiger partial charge on any atom is 0.408 e. The van der Waals surface area contributed by atoms with Crippen LogP contribution in [0.3, 0.4) is 0 Å². The summed E-state index contributed by atoms with van der Waals surface area (Å²) in [6, 6.07) is 17.0. The zero-order valence-corrected chi connectivity index (χ0v) is 28.3. The Labute approximate surface area is 282 Å². The number of urea groups is 1. The van der Waals surface area contributed by atoms with Crippen LogP contribution in [0, 0.1) is 0 Å². The normalized spacial score (nSPS) is 12.2. The van der Waals surface area contributed by atoms with E-state index in [1.807, 2.05) is 66.0 Å². The molecule has 47 heavy (non-hydrogen) atoms. The van der Waals surface area contributed by atoms with E-state index < -0.39 is 30.1 Å². The van der Waals surface area contributed by atoms with Crippen LogP contribution < -0.4 is 16.0 Å². The molecule has 4 aromatic rings. The van der Waals surface area contributed by atoms with Crippen LogP contribution in [0.15, 0.2) is 77.8 Å². The van der Waals surface area contributed by atoms with Crippen LogP contribution in [0.4, 0.5) is 9.59 Å². The first kappa shape index (κ1) is 35.2. The molecule has 0 bridgehead atoms. The summed E-state index contributed by atoms with van der Waals surface area (Å²) in [7, 11) is 1.64. The van der Waals surface area contributed by atoms with Crippen LogP contribution in [0.2, 0.25) is 0 Å². The molecule has 11 nitrogen and oxygen atoms in total. The molecule has 13 heteroatoms. The van der Waals surface area contributed by atoms with E-state index in [2.05, 4.69) is 39.8 Å². The van der Waals surface area contributed by atoms with Gasteiger partial charge in [-0.25, -0.2) is 14.6 Å². The molecule has 2 aromatic heterocycles. The zero-order chi connectivity index (χ0) is 33.6. The van der Waals surface area contributed by atoms with E-state index in [9.17, 15) is 19.2 Å². The van der Waals surface area contributed by atoms with Gasteiger partial charge in [0.05, 0.1) is 40.2 Å². The molecule has 2 unspecified atom stereocenters. The number of thiazole rings is 2. The van der Waals surface area contributed by atoms with Gasteiger partial charge in [0, 0.05) is 37.0 Å². The third kappa shape index (κ3) is 11.9. The predicted molar refractivity (Wildman–Crippen MR) is 182 cm³/mol. The minimum absolute atomic E-state index is 0.0408. The average molecular weight is 677 g/mol. The van der Waals surface area contributed by atoms with Gasteiger partial charge in [0.1, 0.15) is 6.61 Å². The molecule has 0 aliphatic heterocycles. The lowest BCUT2D eigenvalue weighted by Gasteiger charge is -2.23. The molecular formula is C34H40N6O5S2. The number of Topliss-reactive ketones (excluding diaryl/α,β-unsaturated/α-hetero) is 1. The van der Waals surface area contributed by atoms with E-state index in [1.54, 1.807) is 30.1 Å². The molecule has 0 saturated carbocycles. The van der Waals surface area contributed by atoms with Crippen molar-refractivity contribution < 1.29 is 23.9 Å². The summed E-state index contributed by atoms with van der Waals surface area (Å²) in [4.78, 5) is 63.1. The van der Waals surface area contributed by atoms with E-state index >= 15 is 0 Å². The maximum atomic E-state index is 13.8. The Balaban J connectivity index is 1.38. The topological polar surface area (TPSA) is 143 Å². The van der Waals surface area contributed by atoms with Crippen LogP contribution in [-0.2, 0) is 40.3 Å². The van der Waals surface area contributed by atoms with Crippen LogP contribution >= 0.6 is 22.7 Å². The second-order valence-electron chi connectivity index (χ2n) is 11.4. The zero-order valence-electron chi connectivity index (χ0n) is 26.7. The smallest absolute Gasteiger partial charge is 0.408 e. The van der Waals surface area contributed by atoms with E-state index in [0.29, 0.717) is 18.9 Å². The monoisotopic (exact) mass is 676 g/mol. The highest BCUT2D eigenvalue weighted by Gasteiger charge is 2.26. The fourth-order valence-electron chi connectivity index (χ4n) is 4.73. The first-order valence-electron chi connectivity index (χ1n) is 15.3. The van der Waals surface area contributed by atoms with Gasteiger partial charge in [0.25, 0.3) is 0 Å². The minimum atomic E-state index is -0.892. The molecule has 0 radical (unpaired) electrons. The Bertz CT molecular complexity index is 1580. The second kappa shape index (κ2) is 17.9. The first-order chi connectivity index (χ1) is 22.7. The molecule has 0 fully saturated rings. The average Bonchev–Trinajstić information content (AvgIpc) is 3.76. The quantitative estimate of drug-likeness (QED) is 0.150. The van der Waals surface area contributed by atoms with Crippen molar-refractivity contribution in [2.75, 3.05) is 13.6 Å². The van der Waals surface area contributed by atoms with Crippen LogP contribution in [0.25, 0.3) is 0 Å². The number of ether oxygens (including phenoxy) is 1. The maximum absolute atomic E-state index is 13.8. The summed E-state index contributed by atoms with van der Waals surface area (Å²) in [6.07, 6.45) is 1.47. The molecule has 0 aliphatic rings. The molecular weight excluding hydrogens is 637 g/mol.